The molecule has 0 aromatic heterocycles. The smallest absolute Gasteiger partial charge is 0.239 e. The Balaban J connectivity index is 1.71. The minimum Gasteiger partial charge on any atom is -0.497 e. The number of methoxy groups -OCH3 is 1. The van der Waals surface area contributed by atoms with Crippen molar-refractivity contribution in [2.75, 3.05) is 23.9 Å². The Labute approximate surface area is 149 Å². The van der Waals surface area contributed by atoms with E-state index in [0.717, 1.165) is 6.07 Å². The molecule has 1 fully saturated rings. The SMILES string of the molecule is COc1ccc(NC(=O)C2CCN(c3ccc(Cl)cc3F)C2=O)cc1. The van der Waals surface area contributed by atoms with Crippen LogP contribution in [-0.2, 0) is 9.59 Å². The predicted octanol–water partition coefficient (Wildman–Crippen LogP) is 3.48. The average molecular weight is 363 g/mol. The van der Waals surface area contributed by atoms with Gasteiger partial charge in [0.15, 0.2) is 0 Å². The molecule has 130 valence electrons. The van der Waals surface area contributed by atoms with Crippen LogP contribution in [0, 0.1) is 11.7 Å². The molecule has 0 spiro atoms. The summed E-state index contributed by atoms with van der Waals surface area (Å²) in [6.07, 6.45) is 0.322. The molecule has 0 aliphatic carbocycles. The maximum absolute atomic E-state index is 14.0. The van der Waals surface area contributed by atoms with Gasteiger partial charge in [-0.3, -0.25) is 9.59 Å². The highest BCUT2D eigenvalue weighted by Gasteiger charge is 2.38. The average Bonchev–Trinajstić information content (AvgIpc) is 2.97. The molecule has 1 unspecified atom stereocenters. The van der Waals surface area contributed by atoms with Crippen molar-refractivity contribution in [3.63, 3.8) is 0 Å². The summed E-state index contributed by atoms with van der Waals surface area (Å²) in [5.74, 6) is -1.60. The second-order valence-electron chi connectivity index (χ2n) is 5.64. The maximum atomic E-state index is 14.0. The molecule has 2 amide bonds. The fourth-order valence-electron chi connectivity index (χ4n) is 2.77. The van der Waals surface area contributed by atoms with Crippen molar-refractivity contribution in [2.45, 2.75) is 6.42 Å². The summed E-state index contributed by atoms with van der Waals surface area (Å²) in [7, 11) is 1.55. The van der Waals surface area contributed by atoms with Gasteiger partial charge in [-0.15, -0.1) is 0 Å². The first kappa shape index (κ1) is 17.2. The van der Waals surface area contributed by atoms with Crippen molar-refractivity contribution in [3.05, 3.63) is 53.3 Å². The maximum Gasteiger partial charge on any atom is 0.239 e. The monoisotopic (exact) mass is 362 g/mol. The molecule has 3 rings (SSSR count). The highest BCUT2D eigenvalue weighted by Crippen LogP contribution is 2.30. The summed E-state index contributed by atoms with van der Waals surface area (Å²) in [6, 6.07) is 10.9. The summed E-state index contributed by atoms with van der Waals surface area (Å²) in [6.45, 7) is 0.276. The molecule has 5 nitrogen and oxygen atoms in total. The minimum atomic E-state index is -0.850. The lowest BCUT2D eigenvalue weighted by molar-refractivity contribution is -0.129. The molecule has 1 aliphatic rings. The fourth-order valence-corrected chi connectivity index (χ4v) is 2.93. The Bertz CT molecular complexity index is 810. The van der Waals surface area contributed by atoms with Crippen LogP contribution in [0.15, 0.2) is 42.5 Å². The van der Waals surface area contributed by atoms with Crippen LogP contribution in [0.25, 0.3) is 0 Å². The van der Waals surface area contributed by atoms with Gasteiger partial charge in [0, 0.05) is 17.3 Å². The standard InChI is InChI=1S/C18H16ClFN2O3/c1-25-13-5-3-12(4-6-13)21-17(23)14-8-9-22(18(14)24)16-7-2-11(19)10-15(16)20/h2-7,10,14H,8-9H2,1H3,(H,21,23). The van der Waals surface area contributed by atoms with Gasteiger partial charge in [0.05, 0.1) is 12.8 Å². The van der Waals surface area contributed by atoms with Gasteiger partial charge in [-0.05, 0) is 48.9 Å². The highest BCUT2D eigenvalue weighted by molar-refractivity contribution is 6.30. The van der Waals surface area contributed by atoms with Crippen LogP contribution < -0.4 is 15.0 Å². The molecule has 0 radical (unpaired) electrons. The lowest BCUT2D eigenvalue weighted by atomic mass is 10.1. The van der Waals surface area contributed by atoms with E-state index < -0.39 is 23.5 Å². The van der Waals surface area contributed by atoms with E-state index in [1.807, 2.05) is 0 Å². The normalized spacial score (nSPS) is 16.8. The third-order valence-corrected chi connectivity index (χ3v) is 4.32. The van der Waals surface area contributed by atoms with Crippen molar-refractivity contribution in [3.8, 4) is 5.75 Å². The van der Waals surface area contributed by atoms with E-state index in [9.17, 15) is 14.0 Å². The number of benzene rings is 2. The van der Waals surface area contributed by atoms with E-state index in [0.29, 0.717) is 17.9 Å². The Morgan fingerprint density at radius 3 is 2.64 bits per heavy atom. The van der Waals surface area contributed by atoms with Crippen LogP contribution in [-0.4, -0.2) is 25.5 Å². The molecule has 1 atom stereocenters. The zero-order valence-electron chi connectivity index (χ0n) is 13.5. The molecule has 1 aliphatic heterocycles. The van der Waals surface area contributed by atoms with E-state index in [-0.39, 0.29) is 17.3 Å². The van der Waals surface area contributed by atoms with Crippen molar-refractivity contribution < 1.29 is 18.7 Å². The molecule has 2 aromatic rings. The van der Waals surface area contributed by atoms with E-state index in [4.69, 9.17) is 16.3 Å². The molecule has 7 heteroatoms. The molecule has 0 saturated carbocycles. The van der Waals surface area contributed by atoms with Crippen molar-refractivity contribution >= 4 is 34.8 Å². The first-order valence-electron chi connectivity index (χ1n) is 7.71. The summed E-state index contributed by atoms with van der Waals surface area (Å²) in [5.41, 5.74) is 0.698. The molecule has 1 N–H and O–H groups in total. The van der Waals surface area contributed by atoms with E-state index in [2.05, 4.69) is 5.32 Å². The fraction of sp³-hybridized carbons (Fsp3) is 0.222. The molecule has 1 saturated heterocycles. The van der Waals surface area contributed by atoms with E-state index >= 15 is 0 Å². The van der Waals surface area contributed by atoms with Crippen LogP contribution >= 0.6 is 11.6 Å². The number of carbonyl (C=O) groups is 2. The molecule has 1 heterocycles. The lowest BCUT2D eigenvalue weighted by Crippen LogP contribution is -2.33. The van der Waals surface area contributed by atoms with E-state index in [1.165, 1.54) is 17.0 Å². The number of nitrogens with one attached hydrogen (secondary N) is 1. The first-order chi connectivity index (χ1) is 12.0. The van der Waals surface area contributed by atoms with Crippen LogP contribution in [0.1, 0.15) is 6.42 Å². The van der Waals surface area contributed by atoms with E-state index in [1.54, 1.807) is 31.4 Å². The topological polar surface area (TPSA) is 58.6 Å². The third kappa shape index (κ3) is 3.58. The number of amides is 2. The second-order valence-corrected chi connectivity index (χ2v) is 6.08. The second kappa shape index (κ2) is 7.11. The van der Waals surface area contributed by atoms with Gasteiger partial charge in [0.1, 0.15) is 17.5 Å². The zero-order valence-corrected chi connectivity index (χ0v) is 14.2. The van der Waals surface area contributed by atoms with Crippen LogP contribution in [0.5, 0.6) is 5.75 Å². The molecular weight excluding hydrogens is 347 g/mol. The summed E-state index contributed by atoms with van der Waals surface area (Å²) >= 11 is 5.73. The quantitative estimate of drug-likeness (QED) is 0.847. The van der Waals surface area contributed by atoms with Crippen molar-refractivity contribution in [1.82, 2.24) is 0 Å². The van der Waals surface area contributed by atoms with Gasteiger partial charge in [0.2, 0.25) is 11.8 Å². The summed E-state index contributed by atoms with van der Waals surface area (Å²) in [4.78, 5) is 26.2. The number of hydrogen-bond donors (Lipinski definition) is 1. The Morgan fingerprint density at radius 1 is 1.28 bits per heavy atom. The van der Waals surface area contributed by atoms with Crippen LogP contribution in [0.4, 0.5) is 15.8 Å². The molecular formula is C18H16ClFN2O3. The number of nitrogens with zero attached hydrogens (tertiary/aromatic N) is 1. The lowest BCUT2D eigenvalue weighted by Gasteiger charge is -2.17. The molecule has 25 heavy (non-hydrogen) atoms. The van der Waals surface area contributed by atoms with Crippen LogP contribution in [0.3, 0.4) is 0 Å². The zero-order chi connectivity index (χ0) is 18.0. The van der Waals surface area contributed by atoms with Crippen molar-refractivity contribution in [2.24, 2.45) is 5.92 Å². The highest BCUT2D eigenvalue weighted by atomic mass is 35.5. The van der Waals surface area contributed by atoms with Gasteiger partial charge in [0.25, 0.3) is 0 Å². The predicted molar refractivity (Wildman–Crippen MR) is 93.5 cm³/mol. The Hall–Kier alpha value is -2.60. The third-order valence-electron chi connectivity index (χ3n) is 4.08. The number of carbonyl (C=O) groups excluding carboxylic acids is 2. The first-order valence-corrected chi connectivity index (χ1v) is 8.08. The van der Waals surface area contributed by atoms with Gasteiger partial charge >= 0.3 is 0 Å². The minimum absolute atomic E-state index is 0.133. The number of rotatable bonds is 4. The molecule has 2 aromatic carbocycles. The summed E-state index contributed by atoms with van der Waals surface area (Å²) in [5, 5.41) is 2.96. The number of halogens is 2. The van der Waals surface area contributed by atoms with Crippen LogP contribution in [0.2, 0.25) is 5.02 Å². The number of anilines is 2. The Kier molecular flexibility index (Phi) is 4.90. The Morgan fingerprint density at radius 2 is 2.00 bits per heavy atom. The molecule has 0 bridgehead atoms. The van der Waals surface area contributed by atoms with Crippen molar-refractivity contribution in [1.29, 1.82) is 0 Å². The van der Waals surface area contributed by atoms with Gasteiger partial charge in [-0.25, -0.2) is 4.39 Å². The largest absolute Gasteiger partial charge is 0.497 e. The van der Waals surface area contributed by atoms with Gasteiger partial charge < -0.3 is 15.0 Å². The van der Waals surface area contributed by atoms with Gasteiger partial charge in [-0.1, -0.05) is 11.6 Å². The van der Waals surface area contributed by atoms with Gasteiger partial charge in [-0.2, -0.15) is 0 Å². The number of ether oxygens (including phenoxy) is 1. The summed E-state index contributed by atoms with van der Waals surface area (Å²) < 4.78 is 19.1. The number of hydrogen-bond acceptors (Lipinski definition) is 3.